The Hall–Kier alpha value is -2.35. The second kappa shape index (κ2) is 9.91. The van der Waals surface area contributed by atoms with Crippen molar-refractivity contribution in [1.82, 2.24) is 25.8 Å². The molecule has 2 aromatic heterocycles. The van der Waals surface area contributed by atoms with Crippen molar-refractivity contribution in [2.45, 2.75) is 65.5 Å². The molecule has 1 aliphatic carbocycles. The standard InChI is InChI=1S/C21H34N6O2/c1-5-7-12-29-17-14-16(21(17,3)4)24-20(22-6-2)23-11-10-18-25-19(27-26-18)15-9-8-13-28-15/h8-9,13,16-17H,5-7,10-12,14H2,1-4H3,(H2,22,23,24)(H,25,26,27). The topological polar surface area (TPSA) is 100 Å². The van der Waals surface area contributed by atoms with Crippen LogP contribution in [0.25, 0.3) is 11.6 Å². The summed E-state index contributed by atoms with van der Waals surface area (Å²) >= 11 is 0. The zero-order valence-corrected chi connectivity index (χ0v) is 18.0. The summed E-state index contributed by atoms with van der Waals surface area (Å²) in [6, 6.07) is 4.02. The number of ether oxygens (including phenoxy) is 1. The van der Waals surface area contributed by atoms with Gasteiger partial charge in [-0.1, -0.05) is 27.2 Å². The second-order valence-electron chi connectivity index (χ2n) is 8.06. The van der Waals surface area contributed by atoms with E-state index in [1.165, 1.54) is 6.42 Å². The predicted octanol–water partition coefficient (Wildman–Crippen LogP) is 3.15. The van der Waals surface area contributed by atoms with Gasteiger partial charge in [-0.25, -0.2) is 4.98 Å². The van der Waals surface area contributed by atoms with Crippen LogP contribution in [-0.4, -0.2) is 53.0 Å². The van der Waals surface area contributed by atoms with E-state index in [1.54, 1.807) is 6.26 Å². The molecule has 3 rings (SSSR count). The zero-order valence-electron chi connectivity index (χ0n) is 18.0. The fourth-order valence-corrected chi connectivity index (χ4v) is 3.46. The first-order valence-corrected chi connectivity index (χ1v) is 10.7. The van der Waals surface area contributed by atoms with Gasteiger partial charge in [0.2, 0.25) is 5.82 Å². The van der Waals surface area contributed by atoms with Gasteiger partial charge in [0, 0.05) is 37.6 Å². The van der Waals surface area contributed by atoms with Gasteiger partial charge in [-0.05, 0) is 31.9 Å². The van der Waals surface area contributed by atoms with Gasteiger partial charge in [0.25, 0.3) is 0 Å². The first-order valence-electron chi connectivity index (χ1n) is 10.7. The highest BCUT2D eigenvalue weighted by atomic mass is 16.5. The molecule has 0 spiro atoms. The molecule has 1 fully saturated rings. The van der Waals surface area contributed by atoms with E-state index in [0.717, 1.165) is 37.8 Å². The number of H-pyrrole nitrogens is 1. The number of aromatic amines is 1. The minimum absolute atomic E-state index is 0.0901. The van der Waals surface area contributed by atoms with Crippen molar-refractivity contribution >= 4 is 5.96 Å². The summed E-state index contributed by atoms with van der Waals surface area (Å²) in [4.78, 5) is 9.18. The fraction of sp³-hybridized carbons (Fsp3) is 0.667. The molecule has 3 N–H and O–H groups in total. The van der Waals surface area contributed by atoms with E-state index in [0.29, 0.717) is 36.7 Å². The predicted molar refractivity (Wildman–Crippen MR) is 114 cm³/mol. The Kier molecular flexibility index (Phi) is 7.30. The maximum absolute atomic E-state index is 6.05. The minimum Gasteiger partial charge on any atom is -0.461 e. The molecule has 2 unspecified atom stereocenters. The number of nitrogens with zero attached hydrogens (tertiary/aromatic N) is 3. The fourth-order valence-electron chi connectivity index (χ4n) is 3.46. The van der Waals surface area contributed by atoms with E-state index in [1.807, 2.05) is 12.1 Å². The number of aromatic nitrogens is 3. The molecule has 2 atom stereocenters. The van der Waals surface area contributed by atoms with E-state index in [4.69, 9.17) is 14.1 Å². The van der Waals surface area contributed by atoms with Crippen LogP contribution in [0.4, 0.5) is 0 Å². The van der Waals surface area contributed by atoms with Gasteiger partial charge in [0.1, 0.15) is 5.82 Å². The van der Waals surface area contributed by atoms with Crippen LogP contribution in [0.3, 0.4) is 0 Å². The van der Waals surface area contributed by atoms with Gasteiger partial charge in [0.05, 0.1) is 12.4 Å². The Morgan fingerprint density at radius 1 is 1.41 bits per heavy atom. The molecule has 0 aromatic carbocycles. The lowest BCUT2D eigenvalue weighted by molar-refractivity contribution is -0.113. The van der Waals surface area contributed by atoms with E-state index < -0.39 is 0 Å². The first kappa shape index (κ1) is 21.4. The van der Waals surface area contributed by atoms with E-state index in [2.05, 4.69) is 53.5 Å². The zero-order chi connectivity index (χ0) is 20.7. The monoisotopic (exact) mass is 402 g/mol. The molecular weight excluding hydrogens is 368 g/mol. The lowest BCUT2D eigenvalue weighted by atomic mass is 9.64. The second-order valence-corrected chi connectivity index (χ2v) is 8.06. The third-order valence-electron chi connectivity index (χ3n) is 5.54. The first-order chi connectivity index (χ1) is 14.0. The van der Waals surface area contributed by atoms with Crippen molar-refractivity contribution in [3.8, 4) is 11.6 Å². The van der Waals surface area contributed by atoms with Crippen molar-refractivity contribution in [1.29, 1.82) is 0 Å². The van der Waals surface area contributed by atoms with Gasteiger partial charge in [-0.3, -0.25) is 10.1 Å². The minimum atomic E-state index is 0.0901. The van der Waals surface area contributed by atoms with Crippen LogP contribution in [0, 0.1) is 5.41 Å². The number of nitrogens with one attached hydrogen (secondary N) is 3. The van der Waals surface area contributed by atoms with Crippen LogP contribution in [0.15, 0.2) is 27.8 Å². The van der Waals surface area contributed by atoms with Gasteiger partial charge in [-0.15, -0.1) is 0 Å². The summed E-state index contributed by atoms with van der Waals surface area (Å²) in [6.07, 6.45) is 5.91. The number of furan rings is 1. The molecule has 1 saturated carbocycles. The molecule has 0 amide bonds. The molecule has 160 valence electrons. The van der Waals surface area contributed by atoms with Gasteiger partial charge in [-0.2, -0.15) is 5.10 Å². The van der Waals surface area contributed by atoms with Gasteiger partial charge < -0.3 is 19.8 Å². The molecule has 2 heterocycles. The Morgan fingerprint density at radius 3 is 2.97 bits per heavy atom. The molecule has 0 radical (unpaired) electrons. The highest BCUT2D eigenvalue weighted by Crippen LogP contribution is 2.42. The summed E-state index contributed by atoms with van der Waals surface area (Å²) in [5.74, 6) is 2.87. The maximum atomic E-state index is 6.05. The largest absolute Gasteiger partial charge is 0.461 e. The molecule has 2 aromatic rings. The summed E-state index contributed by atoms with van der Waals surface area (Å²) < 4.78 is 11.4. The highest BCUT2D eigenvalue weighted by Gasteiger charge is 2.49. The van der Waals surface area contributed by atoms with Crippen molar-refractivity contribution in [3.63, 3.8) is 0 Å². The summed E-state index contributed by atoms with van der Waals surface area (Å²) in [5, 5.41) is 14.1. The third kappa shape index (κ3) is 5.38. The molecule has 0 saturated heterocycles. The average molecular weight is 403 g/mol. The molecular formula is C21H34N6O2. The van der Waals surface area contributed by atoms with E-state index >= 15 is 0 Å². The lowest BCUT2D eigenvalue weighted by Crippen LogP contribution is -2.63. The number of guanidine groups is 1. The summed E-state index contributed by atoms with van der Waals surface area (Å²) in [7, 11) is 0. The van der Waals surface area contributed by atoms with Crippen molar-refractivity contribution in [2.24, 2.45) is 10.4 Å². The normalized spacial score (nSPS) is 21.0. The van der Waals surface area contributed by atoms with Crippen LogP contribution < -0.4 is 10.6 Å². The Bertz CT molecular complexity index is 768. The number of aliphatic imine (C=N–C) groups is 1. The van der Waals surface area contributed by atoms with Crippen LogP contribution >= 0.6 is 0 Å². The van der Waals surface area contributed by atoms with Crippen LogP contribution in [0.5, 0.6) is 0 Å². The number of hydrogen-bond donors (Lipinski definition) is 3. The van der Waals surface area contributed by atoms with Gasteiger partial charge in [0.15, 0.2) is 11.7 Å². The van der Waals surface area contributed by atoms with E-state index in [9.17, 15) is 0 Å². The Morgan fingerprint density at radius 2 is 2.28 bits per heavy atom. The number of unbranched alkanes of at least 4 members (excludes halogenated alkanes) is 1. The Balaban J connectivity index is 1.50. The molecule has 8 nitrogen and oxygen atoms in total. The average Bonchev–Trinajstić information content (AvgIpc) is 3.38. The van der Waals surface area contributed by atoms with E-state index in [-0.39, 0.29) is 5.41 Å². The van der Waals surface area contributed by atoms with Crippen LogP contribution in [0.2, 0.25) is 0 Å². The SMILES string of the molecule is CCCCOC1CC(NC(=NCCc2nc(-c3ccco3)n[nH]2)NCC)C1(C)C. The van der Waals surface area contributed by atoms with Crippen LogP contribution in [-0.2, 0) is 11.2 Å². The number of rotatable bonds is 10. The Labute approximate surface area is 172 Å². The number of hydrogen-bond acceptors (Lipinski definition) is 5. The molecule has 0 aliphatic heterocycles. The van der Waals surface area contributed by atoms with Gasteiger partial charge >= 0.3 is 0 Å². The molecule has 29 heavy (non-hydrogen) atoms. The molecule has 8 heteroatoms. The van der Waals surface area contributed by atoms with Crippen LogP contribution in [0.1, 0.15) is 52.8 Å². The van der Waals surface area contributed by atoms with Crippen molar-refractivity contribution in [3.05, 3.63) is 24.2 Å². The maximum Gasteiger partial charge on any atom is 0.216 e. The smallest absolute Gasteiger partial charge is 0.216 e. The van der Waals surface area contributed by atoms with Crippen molar-refractivity contribution in [2.75, 3.05) is 19.7 Å². The summed E-state index contributed by atoms with van der Waals surface area (Å²) in [5.41, 5.74) is 0.0901. The quantitative estimate of drug-likeness (QED) is 0.321. The van der Waals surface area contributed by atoms with Crippen molar-refractivity contribution < 1.29 is 9.15 Å². The lowest BCUT2D eigenvalue weighted by Gasteiger charge is -2.52. The third-order valence-corrected chi connectivity index (χ3v) is 5.54. The highest BCUT2D eigenvalue weighted by molar-refractivity contribution is 5.80. The molecule has 1 aliphatic rings. The molecule has 0 bridgehead atoms. The summed E-state index contributed by atoms with van der Waals surface area (Å²) in [6.45, 7) is 11.1.